The van der Waals surface area contributed by atoms with Gasteiger partial charge >= 0.3 is 24.7 Å². The molecule has 0 bridgehead atoms. The van der Waals surface area contributed by atoms with Gasteiger partial charge in [-0.1, -0.05) is 61.2 Å². The van der Waals surface area contributed by atoms with Crippen molar-refractivity contribution in [3.63, 3.8) is 0 Å². The Morgan fingerprint density at radius 3 is 1.00 bits per heavy atom. The minimum absolute atomic E-state index is 0.0110. The van der Waals surface area contributed by atoms with E-state index < -0.39 is 47.7 Å². The van der Waals surface area contributed by atoms with Crippen LogP contribution in [-0.2, 0) is 0 Å². The van der Waals surface area contributed by atoms with E-state index in [1.807, 2.05) is 0 Å². The molecule has 13 heteroatoms. The van der Waals surface area contributed by atoms with E-state index in [2.05, 4.69) is 6.58 Å². The second-order valence-electron chi connectivity index (χ2n) is 6.69. The van der Waals surface area contributed by atoms with E-state index >= 15 is 0 Å². The molecule has 0 unspecified atom stereocenters. The average Bonchev–Trinajstić information content (AvgIpc) is 2.65. The summed E-state index contributed by atoms with van der Waals surface area (Å²) in [6.45, 7) is 3.36. The van der Waals surface area contributed by atoms with Gasteiger partial charge in [-0.15, -0.1) is 0 Å². The van der Waals surface area contributed by atoms with Gasteiger partial charge in [0.25, 0.3) is 0 Å². The van der Waals surface area contributed by atoms with E-state index in [4.69, 9.17) is 0 Å². The van der Waals surface area contributed by atoms with Gasteiger partial charge in [0, 0.05) is 5.56 Å². The molecule has 188 valence electrons. The average molecular weight is 510 g/mol. The summed E-state index contributed by atoms with van der Waals surface area (Å²) >= 11 is 0. The van der Waals surface area contributed by atoms with Crippen LogP contribution in [0, 0.1) is 0 Å². The molecular formula is C21H14F12O. The van der Waals surface area contributed by atoms with Crippen LogP contribution in [0.4, 0.5) is 52.7 Å². The summed E-state index contributed by atoms with van der Waals surface area (Å²) in [5, 5.41) is 0. The first kappa shape index (κ1) is 29.0. The van der Waals surface area contributed by atoms with E-state index in [0.717, 1.165) is 36.4 Å². The lowest BCUT2D eigenvalue weighted by Crippen LogP contribution is -2.34. The lowest BCUT2D eigenvalue weighted by Gasteiger charge is -2.23. The van der Waals surface area contributed by atoms with E-state index in [9.17, 15) is 57.5 Å². The van der Waals surface area contributed by atoms with Gasteiger partial charge in [-0.3, -0.25) is 4.79 Å². The number of hydrogen-bond donors (Lipinski definition) is 0. The lowest BCUT2D eigenvalue weighted by molar-refractivity contribution is -0.255. The van der Waals surface area contributed by atoms with Crippen molar-refractivity contribution in [1.82, 2.24) is 0 Å². The molecule has 0 heterocycles. The van der Waals surface area contributed by atoms with E-state index in [-0.39, 0.29) is 5.56 Å². The maximum Gasteiger partial charge on any atom is 0.404 e. The van der Waals surface area contributed by atoms with Gasteiger partial charge in [0.15, 0.2) is 11.8 Å². The van der Waals surface area contributed by atoms with E-state index in [0.29, 0.717) is 24.0 Å². The molecule has 2 aromatic rings. The molecule has 0 N–H and O–H groups in total. The molecule has 0 radical (unpaired) electrons. The lowest BCUT2D eigenvalue weighted by atomic mass is 9.97. The zero-order chi connectivity index (χ0) is 26.5. The minimum atomic E-state index is -5.42. The fourth-order valence-electron chi connectivity index (χ4n) is 2.72. The molecular weight excluding hydrogens is 496 g/mol. The molecule has 0 fully saturated rings. The third-order valence-corrected chi connectivity index (χ3v) is 4.22. The minimum Gasteiger partial charge on any atom is -0.298 e. The summed E-state index contributed by atoms with van der Waals surface area (Å²) in [6.07, 6.45) is -19.9. The van der Waals surface area contributed by atoms with Crippen LogP contribution in [0.3, 0.4) is 0 Å². The first-order chi connectivity index (χ1) is 15.3. The number of carbonyl (C=O) groups is 1. The third-order valence-electron chi connectivity index (χ3n) is 4.22. The summed E-state index contributed by atoms with van der Waals surface area (Å²) in [5.41, 5.74) is -1.29. The van der Waals surface area contributed by atoms with Crippen molar-refractivity contribution in [2.45, 2.75) is 36.5 Å². The highest BCUT2D eigenvalue weighted by Crippen LogP contribution is 2.47. The number of alkyl halides is 12. The Bertz CT molecular complexity index is 825. The number of rotatable bonds is 4. The number of benzene rings is 2. The summed E-state index contributed by atoms with van der Waals surface area (Å²) in [4.78, 5) is 10.2. The van der Waals surface area contributed by atoms with Crippen molar-refractivity contribution in [3.8, 4) is 0 Å². The van der Waals surface area contributed by atoms with Gasteiger partial charge in [0.1, 0.15) is 6.29 Å². The molecule has 2 rings (SSSR count). The van der Waals surface area contributed by atoms with Gasteiger partial charge in [-0.2, -0.15) is 52.7 Å². The van der Waals surface area contributed by atoms with Crippen LogP contribution in [0.1, 0.15) is 38.9 Å². The quantitative estimate of drug-likeness (QED) is 0.299. The second-order valence-corrected chi connectivity index (χ2v) is 6.69. The van der Waals surface area contributed by atoms with Crippen molar-refractivity contribution >= 4 is 12.4 Å². The molecule has 0 aromatic heterocycles. The first-order valence-electron chi connectivity index (χ1n) is 8.86. The number of halogens is 12. The van der Waals surface area contributed by atoms with E-state index in [1.54, 1.807) is 0 Å². The molecule has 0 atom stereocenters. The number of carbonyl (C=O) groups excluding carboxylic acids is 1. The van der Waals surface area contributed by atoms with Crippen molar-refractivity contribution in [2.75, 3.05) is 0 Å². The van der Waals surface area contributed by atoms with Gasteiger partial charge < -0.3 is 0 Å². The number of hydrogen-bond acceptors (Lipinski definition) is 1. The normalized spacial score (nSPS) is 12.9. The van der Waals surface area contributed by atoms with Crippen LogP contribution in [0.25, 0.3) is 6.08 Å². The van der Waals surface area contributed by atoms with Crippen LogP contribution in [0.2, 0.25) is 0 Å². The fraction of sp³-hybridized carbons (Fsp3) is 0.286. The van der Waals surface area contributed by atoms with Crippen molar-refractivity contribution in [2.24, 2.45) is 0 Å². The molecule has 34 heavy (non-hydrogen) atoms. The second kappa shape index (κ2) is 10.5. The van der Waals surface area contributed by atoms with Crippen LogP contribution < -0.4 is 0 Å². The Morgan fingerprint density at radius 2 is 0.794 bits per heavy atom. The standard InChI is InChI=1S/C11H8F6.C10H6F6O/c1-2-7-3-5-8(6-4-7)9(10(12,13)14)11(15,16)17;11-9(12,13)8(10(14,15)16)7-3-1-6(5-17)2-4-7/h2-6,9H,1H2;1-5,8H. The molecule has 0 aliphatic carbocycles. The Kier molecular flexibility index (Phi) is 8.98. The van der Waals surface area contributed by atoms with E-state index in [1.165, 1.54) is 6.08 Å². The highest BCUT2D eigenvalue weighted by atomic mass is 19.4. The monoisotopic (exact) mass is 510 g/mol. The van der Waals surface area contributed by atoms with Gasteiger partial charge in [0.05, 0.1) is 0 Å². The maximum atomic E-state index is 12.3. The van der Waals surface area contributed by atoms with Crippen molar-refractivity contribution < 1.29 is 57.5 Å². The van der Waals surface area contributed by atoms with Crippen LogP contribution in [-0.4, -0.2) is 31.0 Å². The summed E-state index contributed by atoms with van der Waals surface area (Å²) < 4.78 is 148. The Morgan fingerprint density at radius 1 is 0.529 bits per heavy atom. The predicted octanol–water partition coefficient (Wildman–Crippen LogP) is 8.25. The molecule has 0 saturated carbocycles. The van der Waals surface area contributed by atoms with Crippen LogP contribution in [0.15, 0.2) is 55.1 Å². The zero-order valence-electron chi connectivity index (χ0n) is 16.6. The molecule has 0 aliphatic rings. The van der Waals surface area contributed by atoms with Crippen molar-refractivity contribution in [3.05, 3.63) is 77.4 Å². The predicted molar refractivity (Wildman–Crippen MR) is 98.1 cm³/mol. The molecule has 2 aromatic carbocycles. The fourth-order valence-corrected chi connectivity index (χ4v) is 2.72. The van der Waals surface area contributed by atoms with Gasteiger partial charge in [-0.25, -0.2) is 0 Å². The summed E-state index contributed by atoms with van der Waals surface area (Å²) in [6, 6.07) is 7.05. The van der Waals surface area contributed by atoms with Gasteiger partial charge in [0.2, 0.25) is 0 Å². The van der Waals surface area contributed by atoms with Crippen LogP contribution >= 0.6 is 0 Å². The number of aldehydes is 1. The third kappa shape index (κ3) is 8.10. The van der Waals surface area contributed by atoms with Crippen LogP contribution in [0.5, 0.6) is 0 Å². The molecule has 0 aliphatic heterocycles. The molecule has 0 amide bonds. The zero-order valence-corrected chi connectivity index (χ0v) is 16.6. The highest BCUT2D eigenvalue weighted by Gasteiger charge is 2.58. The van der Waals surface area contributed by atoms with Crippen molar-refractivity contribution in [1.29, 1.82) is 0 Å². The summed E-state index contributed by atoms with van der Waals surface area (Å²) in [5.74, 6) is -6.98. The highest BCUT2D eigenvalue weighted by molar-refractivity contribution is 5.74. The molecule has 0 spiro atoms. The molecule has 1 nitrogen and oxygen atoms in total. The first-order valence-corrected chi connectivity index (χ1v) is 8.86. The summed E-state index contributed by atoms with van der Waals surface area (Å²) in [7, 11) is 0. The smallest absolute Gasteiger partial charge is 0.298 e. The largest absolute Gasteiger partial charge is 0.404 e. The Hall–Kier alpha value is -2.99. The Balaban J connectivity index is 0.000000340. The maximum absolute atomic E-state index is 12.3. The Labute approximate surface area is 184 Å². The molecule has 0 saturated heterocycles. The SMILES string of the molecule is C=Cc1ccc(C(C(F)(F)F)C(F)(F)F)cc1.O=Cc1ccc(C(C(F)(F)F)C(F)(F)F)cc1. The van der Waals surface area contributed by atoms with Gasteiger partial charge in [-0.05, 0) is 16.7 Å². The topological polar surface area (TPSA) is 17.1 Å².